The first-order chi connectivity index (χ1) is 15.5. The van der Waals surface area contributed by atoms with Gasteiger partial charge in [-0.15, -0.1) is 0 Å². The van der Waals surface area contributed by atoms with E-state index in [1.54, 1.807) is 38.3 Å². The molecular weight excluding hydrogens is 410 g/mol. The highest BCUT2D eigenvalue weighted by Gasteiger charge is 2.22. The Morgan fingerprint density at radius 3 is 2.31 bits per heavy atom. The molecule has 1 saturated heterocycles. The number of nitrogens with one attached hydrogen (secondary N) is 3. The van der Waals surface area contributed by atoms with Gasteiger partial charge in [-0.25, -0.2) is 0 Å². The van der Waals surface area contributed by atoms with Gasteiger partial charge < -0.3 is 30.3 Å². The lowest BCUT2D eigenvalue weighted by molar-refractivity contribution is -0.123. The van der Waals surface area contributed by atoms with Gasteiger partial charge in [0.1, 0.15) is 0 Å². The van der Waals surface area contributed by atoms with E-state index in [0.717, 1.165) is 11.1 Å². The van der Waals surface area contributed by atoms with Crippen LogP contribution < -0.4 is 25.4 Å². The SMILES string of the molecule is CN=C(NCc1ccc(C(=O)N2CCNC(=O)C2)cc1)NCc1ccc(OC)c(OC)c1. The lowest BCUT2D eigenvalue weighted by Gasteiger charge is -2.26. The molecule has 0 atom stereocenters. The van der Waals surface area contributed by atoms with Crippen LogP contribution in [0.2, 0.25) is 0 Å². The molecule has 9 nitrogen and oxygen atoms in total. The van der Waals surface area contributed by atoms with Crippen LogP contribution in [0.5, 0.6) is 11.5 Å². The number of carbonyl (C=O) groups is 2. The van der Waals surface area contributed by atoms with Gasteiger partial charge in [-0.3, -0.25) is 14.6 Å². The number of rotatable bonds is 7. The fraction of sp³-hybridized carbons (Fsp3) is 0.348. The zero-order chi connectivity index (χ0) is 22.9. The smallest absolute Gasteiger partial charge is 0.254 e. The molecule has 2 amide bonds. The molecule has 0 saturated carbocycles. The van der Waals surface area contributed by atoms with Gasteiger partial charge in [-0.2, -0.15) is 0 Å². The Bertz CT molecular complexity index is 975. The average Bonchev–Trinajstić information content (AvgIpc) is 2.83. The number of guanidine groups is 1. The number of amides is 2. The maximum absolute atomic E-state index is 12.6. The second-order valence-electron chi connectivity index (χ2n) is 7.24. The molecule has 0 spiro atoms. The Morgan fingerprint density at radius 2 is 1.69 bits per heavy atom. The minimum atomic E-state index is -0.133. The summed E-state index contributed by atoms with van der Waals surface area (Å²) in [5, 5.41) is 9.25. The zero-order valence-electron chi connectivity index (χ0n) is 18.6. The topological polar surface area (TPSA) is 104 Å². The molecule has 32 heavy (non-hydrogen) atoms. The summed E-state index contributed by atoms with van der Waals surface area (Å²) in [4.78, 5) is 29.9. The molecule has 1 heterocycles. The van der Waals surface area contributed by atoms with Crippen molar-refractivity contribution in [2.75, 3.05) is 40.9 Å². The standard InChI is InChI=1S/C23H29N5O4/c1-24-23(27-14-17-6-9-19(31-2)20(12-17)32-3)26-13-16-4-7-18(8-5-16)22(30)28-11-10-25-21(29)15-28/h4-9,12H,10-11,13-15H2,1-3H3,(H,25,29)(H2,24,26,27). The Morgan fingerprint density at radius 1 is 1.03 bits per heavy atom. The van der Waals surface area contributed by atoms with Crippen LogP contribution in [0.1, 0.15) is 21.5 Å². The number of benzene rings is 2. The van der Waals surface area contributed by atoms with Crippen molar-refractivity contribution in [2.24, 2.45) is 4.99 Å². The van der Waals surface area contributed by atoms with Crippen molar-refractivity contribution in [3.05, 3.63) is 59.2 Å². The molecule has 0 radical (unpaired) electrons. The summed E-state index contributed by atoms with van der Waals surface area (Å²) < 4.78 is 10.6. The first-order valence-electron chi connectivity index (χ1n) is 10.3. The monoisotopic (exact) mass is 439 g/mol. The van der Waals surface area contributed by atoms with E-state index in [9.17, 15) is 9.59 Å². The van der Waals surface area contributed by atoms with Crippen LogP contribution in [0.25, 0.3) is 0 Å². The normalized spacial score (nSPS) is 13.9. The van der Waals surface area contributed by atoms with Crippen LogP contribution >= 0.6 is 0 Å². The summed E-state index contributed by atoms with van der Waals surface area (Å²) in [5.74, 6) is 1.75. The molecule has 2 aromatic carbocycles. The highest BCUT2D eigenvalue weighted by molar-refractivity contribution is 5.97. The van der Waals surface area contributed by atoms with Gasteiger partial charge in [-0.05, 0) is 35.4 Å². The number of hydrogen-bond donors (Lipinski definition) is 3. The first-order valence-corrected chi connectivity index (χ1v) is 10.3. The van der Waals surface area contributed by atoms with Crippen LogP contribution in [0.4, 0.5) is 0 Å². The first kappa shape index (κ1) is 22.9. The highest BCUT2D eigenvalue weighted by Crippen LogP contribution is 2.27. The molecule has 2 aromatic rings. The third-order valence-corrected chi connectivity index (χ3v) is 5.12. The molecule has 0 aromatic heterocycles. The van der Waals surface area contributed by atoms with Gasteiger partial charge in [-0.1, -0.05) is 18.2 Å². The number of hydrogen-bond acceptors (Lipinski definition) is 5. The van der Waals surface area contributed by atoms with E-state index in [1.165, 1.54) is 0 Å². The molecule has 3 N–H and O–H groups in total. The van der Waals surface area contributed by atoms with E-state index < -0.39 is 0 Å². The van der Waals surface area contributed by atoms with E-state index in [2.05, 4.69) is 20.9 Å². The molecule has 170 valence electrons. The lowest BCUT2D eigenvalue weighted by atomic mass is 10.1. The molecule has 1 aliphatic heterocycles. The van der Waals surface area contributed by atoms with E-state index in [-0.39, 0.29) is 18.4 Å². The summed E-state index contributed by atoms with van der Waals surface area (Å²) in [6.07, 6.45) is 0. The van der Waals surface area contributed by atoms with Crippen LogP contribution in [0.3, 0.4) is 0 Å². The number of ether oxygens (including phenoxy) is 2. The fourth-order valence-electron chi connectivity index (χ4n) is 3.34. The van der Waals surface area contributed by atoms with Gasteiger partial charge in [0.05, 0.1) is 20.8 Å². The molecule has 0 aliphatic carbocycles. The van der Waals surface area contributed by atoms with Gasteiger partial charge in [0.15, 0.2) is 17.5 Å². The van der Waals surface area contributed by atoms with Crippen molar-refractivity contribution < 1.29 is 19.1 Å². The van der Waals surface area contributed by atoms with E-state index in [0.29, 0.717) is 49.2 Å². The van der Waals surface area contributed by atoms with Gasteiger partial charge in [0.25, 0.3) is 5.91 Å². The minimum Gasteiger partial charge on any atom is -0.493 e. The van der Waals surface area contributed by atoms with Crippen molar-refractivity contribution in [2.45, 2.75) is 13.1 Å². The van der Waals surface area contributed by atoms with Crippen LogP contribution in [0.15, 0.2) is 47.5 Å². The second kappa shape index (κ2) is 11.0. The Kier molecular flexibility index (Phi) is 7.91. The van der Waals surface area contributed by atoms with Gasteiger partial charge in [0.2, 0.25) is 5.91 Å². The molecular formula is C23H29N5O4. The quantitative estimate of drug-likeness (QED) is 0.442. The summed E-state index contributed by atoms with van der Waals surface area (Å²) >= 11 is 0. The van der Waals surface area contributed by atoms with Gasteiger partial charge in [0, 0.05) is 38.8 Å². The molecule has 9 heteroatoms. The van der Waals surface area contributed by atoms with Crippen LogP contribution in [0, 0.1) is 0 Å². The fourth-order valence-corrected chi connectivity index (χ4v) is 3.34. The molecule has 1 fully saturated rings. The van der Waals surface area contributed by atoms with Gasteiger partial charge >= 0.3 is 0 Å². The summed E-state index contributed by atoms with van der Waals surface area (Å²) in [5.41, 5.74) is 2.60. The maximum atomic E-state index is 12.6. The van der Waals surface area contributed by atoms with E-state index in [4.69, 9.17) is 9.47 Å². The predicted octanol–water partition coefficient (Wildman–Crippen LogP) is 1.14. The zero-order valence-corrected chi connectivity index (χ0v) is 18.6. The van der Waals surface area contributed by atoms with E-state index in [1.807, 2.05) is 30.3 Å². The van der Waals surface area contributed by atoms with E-state index >= 15 is 0 Å². The van der Waals surface area contributed by atoms with Crippen LogP contribution in [-0.4, -0.2) is 63.6 Å². The van der Waals surface area contributed by atoms with Crippen molar-refractivity contribution >= 4 is 17.8 Å². The van der Waals surface area contributed by atoms with Crippen LogP contribution in [-0.2, 0) is 17.9 Å². The van der Waals surface area contributed by atoms with Crippen molar-refractivity contribution in [1.29, 1.82) is 0 Å². The predicted molar refractivity (Wildman–Crippen MR) is 122 cm³/mol. The third kappa shape index (κ3) is 5.90. The highest BCUT2D eigenvalue weighted by atomic mass is 16.5. The van der Waals surface area contributed by atoms with Crippen molar-refractivity contribution in [1.82, 2.24) is 20.9 Å². The molecule has 0 unspecified atom stereocenters. The minimum absolute atomic E-state index is 0.101. The molecule has 3 rings (SSSR count). The van der Waals surface area contributed by atoms with Crippen molar-refractivity contribution in [3.63, 3.8) is 0 Å². The summed E-state index contributed by atoms with van der Waals surface area (Å²) in [6.45, 7) is 2.23. The number of aliphatic imine (C=N–C) groups is 1. The number of carbonyl (C=O) groups excluding carboxylic acids is 2. The Balaban J connectivity index is 1.51. The molecule has 0 bridgehead atoms. The average molecular weight is 440 g/mol. The number of piperazine rings is 1. The largest absolute Gasteiger partial charge is 0.493 e. The second-order valence-corrected chi connectivity index (χ2v) is 7.24. The molecule has 1 aliphatic rings. The number of nitrogens with zero attached hydrogens (tertiary/aromatic N) is 2. The third-order valence-electron chi connectivity index (χ3n) is 5.12. The summed E-state index contributed by atoms with van der Waals surface area (Å²) in [7, 11) is 4.92. The Labute approximate surface area is 187 Å². The Hall–Kier alpha value is -3.75. The van der Waals surface area contributed by atoms with Crippen molar-refractivity contribution in [3.8, 4) is 11.5 Å². The summed E-state index contributed by atoms with van der Waals surface area (Å²) in [6, 6.07) is 13.1. The lowest BCUT2D eigenvalue weighted by Crippen LogP contribution is -2.49. The number of methoxy groups -OCH3 is 2. The maximum Gasteiger partial charge on any atom is 0.254 e.